The summed E-state index contributed by atoms with van der Waals surface area (Å²) < 4.78 is 0. The Kier molecular flexibility index (Phi) is 3.83. The summed E-state index contributed by atoms with van der Waals surface area (Å²) >= 11 is 0. The molecule has 2 heterocycles. The van der Waals surface area contributed by atoms with Crippen LogP contribution < -0.4 is 4.90 Å². The van der Waals surface area contributed by atoms with Gasteiger partial charge in [0.25, 0.3) is 0 Å². The molecular formula is C16H23N3O2. The Hall–Kier alpha value is -1.65. The number of aliphatic carboxylic acids is 1. The number of carboxylic acids is 1. The molecule has 1 aliphatic carbocycles. The van der Waals surface area contributed by atoms with Gasteiger partial charge in [-0.15, -0.1) is 0 Å². The second kappa shape index (κ2) is 5.62. The molecule has 1 aromatic heterocycles. The van der Waals surface area contributed by atoms with Crippen molar-refractivity contribution in [1.82, 2.24) is 9.97 Å². The number of hydrogen-bond acceptors (Lipinski definition) is 4. The van der Waals surface area contributed by atoms with E-state index in [4.69, 9.17) is 10.1 Å². The molecule has 1 N–H and O–H groups in total. The Balaban J connectivity index is 1.78. The molecule has 1 unspecified atom stereocenters. The van der Waals surface area contributed by atoms with Gasteiger partial charge in [-0.1, -0.05) is 6.92 Å². The van der Waals surface area contributed by atoms with Crippen LogP contribution in [0, 0.1) is 18.8 Å². The third kappa shape index (κ3) is 2.87. The number of hydrogen-bond donors (Lipinski definition) is 1. The Labute approximate surface area is 125 Å². The maximum atomic E-state index is 11.0. The molecule has 5 nitrogen and oxygen atoms in total. The van der Waals surface area contributed by atoms with Crippen LogP contribution in [0.15, 0.2) is 0 Å². The Morgan fingerprint density at radius 2 is 1.95 bits per heavy atom. The maximum absolute atomic E-state index is 11.0. The maximum Gasteiger partial charge on any atom is 0.306 e. The highest BCUT2D eigenvalue weighted by Gasteiger charge is 2.27. The fraction of sp³-hybridized carbons (Fsp3) is 0.688. The van der Waals surface area contributed by atoms with Gasteiger partial charge in [0, 0.05) is 24.5 Å². The van der Waals surface area contributed by atoms with Crippen molar-refractivity contribution < 1.29 is 9.90 Å². The first kappa shape index (κ1) is 14.3. The van der Waals surface area contributed by atoms with Gasteiger partial charge in [0.05, 0.1) is 5.92 Å². The van der Waals surface area contributed by atoms with E-state index in [0.717, 1.165) is 43.5 Å². The minimum atomic E-state index is -0.675. The molecule has 1 aromatic rings. The van der Waals surface area contributed by atoms with Gasteiger partial charge in [0.1, 0.15) is 0 Å². The van der Waals surface area contributed by atoms with Gasteiger partial charge < -0.3 is 10.0 Å². The van der Waals surface area contributed by atoms with Gasteiger partial charge in [-0.3, -0.25) is 4.79 Å². The average molecular weight is 289 g/mol. The molecule has 0 bridgehead atoms. The number of carbonyl (C=O) groups is 1. The highest BCUT2D eigenvalue weighted by atomic mass is 16.4. The van der Waals surface area contributed by atoms with Crippen molar-refractivity contribution in [2.45, 2.75) is 46.0 Å². The van der Waals surface area contributed by atoms with E-state index in [-0.39, 0.29) is 5.92 Å². The van der Waals surface area contributed by atoms with Crippen molar-refractivity contribution in [3.63, 3.8) is 0 Å². The van der Waals surface area contributed by atoms with Crippen LogP contribution in [0.2, 0.25) is 0 Å². The van der Waals surface area contributed by atoms with E-state index in [1.54, 1.807) is 0 Å². The van der Waals surface area contributed by atoms with Crippen LogP contribution in [-0.4, -0.2) is 34.1 Å². The van der Waals surface area contributed by atoms with Gasteiger partial charge in [0.2, 0.25) is 5.95 Å². The SMILES string of the molecule is Cc1nc(N2CCC(C(=O)O)CC2)nc2c1CC(C)CC2. The van der Waals surface area contributed by atoms with Crippen LogP contribution in [0.4, 0.5) is 5.95 Å². The van der Waals surface area contributed by atoms with Gasteiger partial charge in [-0.25, -0.2) is 9.97 Å². The van der Waals surface area contributed by atoms with Gasteiger partial charge >= 0.3 is 5.97 Å². The van der Waals surface area contributed by atoms with E-state index in [1.165, 1.54) is 17.7 Å². The number of aryl methyl sites for hydroxylation is 2. The van der Waals surface area contributed by atoms with Gasteiger partial charge in [0.15, 0.2) is 0 Å². The molecule has 0 amide bonds. The number of carboxylic acid groups (broad SMARTS) is 1. The lowest BCUT2D eigenvalue weighted by molar-refractivity contribution is -0.142. The number of nitrogens with zero attached hydrogens (tertiary/aromatic N) is 3. The number of fused-ring (bicyclic) bond motifs is 1. The molecule has 2 aliphatic rings. The minimum absolute atomic E-state index is 0.208. The lowest BCUT2D eigenvalue weighted by atomic mass is 9.87. The number of piperidine rings is 1. The van der Waals surface area contributed by atoms with Crippen LogP contribution in [-0.2, 0) is 17.6 Å². The zero-order chi connectivity index (χ0) is 15.0. The number of anilines is 1. The average Bonchev–Trinajstić information content (AvgIpc) is 2.48. The largest absolute Gasteiger partial charge is 0.481 e. The van der Waals surface area contributed by atoms with Crippen molar-refractivity contribution in [2.24, 2.45) is 11.8 Å². The molecule has 0 aromatic carbocycles. The predicted molar refractivity (Wildman–Crippen MR) is 80.5 cm³/mol. The third-order valence-corrected chi connectivity index (χ3v) is 4.84. The highest BCUT2D eigenvalue weighted by Crippen LogP contribution is 2.28. The van der Waals surface area contributed by atoms with Crippen molar-refractivity contribution >= 4 is 11.9 Å². The fourth-order valence-corrected chi connectivity index (χ4v) is 3.41. The van der Waals surface area contributed by atoms with E-state index < -0.39 is 5.97 Å². The second-order valence-electron chi connectivity index (χ2n) is 6.48. The molecule has 5 heteroatoms. The van der Waals surface area contributed by atoms with Crippen LogP contribution in [0.1, 0.15) is 43.1 Å². The number of rotatable bonds is 2. The summed E-state index contributed by atoms with van der Waals surface area (Å²) in [6.45, 7) is 5.84. The summed E-state index contributed by atoms with van der Waals surface area (Å²) in [6, 6.07) is 0. The van der Waals surface area contributed by atoms with Crippen LogP contribution in [0.5, 0.6) is 0 Å². The number of aromatic nitrogens is 2. The van der Waals surface area contributed by atoms with E-state index in [9.17, 15) is 4.79 Å². The predicted octanol–water partition coefficient (Wildman–Crippen LogP) is 2.21. The van der Waals surface area contributed by atoms with Crippen LogP contribution >= 0.6 is 0 Å². The molecule has 3 rings (SSSR count). The first-order valence-electron chi connectivity index (χ1n) is 7.88. The van der Waals surface area contributed by atoms with Crippen molar-refractivity contribution in [3.8, 4) is 0 Å². The normalized spacial score (nSPS) is 23.0. The first-order chi connectivity index (χ1) is 10.0. The molecule has 21 heavy (non-hydrogen) atoms. The molecule has 0 spiro atoms. The van der Waals surface area contributed by atoms with E-state index in [0.29, 0.717) is 12.8 Å². The topological polar surface area (TPSA) is 66.3 Å². The minimum Gasteiger partial charge on any atom is -0.481 e. The molecule has 1 atom stereocenters. The molecule has 0 radical (unpaired) electrons. The summed E-state index contributed by atoms with van der Waals surface area (Å²) in [4.78, 5) is 22.6. The molecule has 1 fully saturated rings. The van der Waals surface area contributed by atoms with Crippen LogP contribution in [0.25, 0.3) is 0 Å². The van der Waals surface area contributed by atoms with Crippen molar-refractivity contribution in [3.05, 3.63) is 17.0 Å². The van der Waals surface area contributed by atoms with Gasteiger partial charge in [-0.05, 0) is 50.5 Å². The van der Waals surface area contributed by atoms with E-state index >= 15 is 0 Å². The molecule has 114 valence electrons. The summed E-state index contributed by atoms with van der Waals surface area (Å²) in [5, 5.41) is 9.07. The molecule has 1 aliphatic heterocycles. The fourth-order valence-electron chi connectivity index (χ4n) is 3.41. The van der Waals surface area contributed by atoms with Crippen molar-refractivity contribution in [2.75, 3.05) is 18.0 Å². The summed E-state index contributed by atoms with van der Waals surface area (Å²) in [5.74, 6) is 0.633. The third-order valence-electron chi connectivity index (χ3n) is 4.84. The quantitative estimate of drug-likeness (QED) is 0.904. The smallest absolute Gasteiger partial charge is 0.306 e. The Morgan fingerprint density at radius 3 is 2.62 bits per heavy atom. The summed E-state index contributed by atoms with van der Waals surface area (Å²) in [7, 11) is 0. The molecule has 0 saturated carbocycles. The zero-order valence-corrected chi connectivity index (χ0v) is 12.8. The standard InChI is InChI=1S/C16H23N3O2/c1-10-3-4-14-13(9-10)11(2)17-16(18-14)19-7-5-12(6-8-19)15(20)21/h10,12H,3-9H2,1-2H3,(H,20,21). The van der Waals surface area contributed by atoms with Crippen molar-refractivity contribution in [1.29, 1.82) is 0 Å². The second-order valence-corrected chi connectivity index (χ2v) is 6.48. The monoisotopic (exact) mass is 289 g/mol. The molecular weight excluding hydrogens is 266 g/mol. The summed E-state index contributed by atoms with van der Waals surface area (Å²) in [5.41, 5.74) is 3.63. The highest BCUT2D eigenvalue weighted by molar-refractivity contribution is 5.70. The molecule has 1 saturated heterocycles. The summed E-state index contributed by atoms with van der Waals surface area (Å²) in [6.07, 6.45) is 4.70. The Bertz CT molecular complexity index is 551. The van der Waals surface area contributed by atoms with E-state index in [2.05, 4.69) is 23.7 Å². The zero-order valence-electron chi connectivity index (χ0n) is 12.8. The van der Waals surface area contributed by atoms with Crippen LogP contribution in [0.3, 0.4) is 0 Å². The Morgan fingerprint density at radius 1 is 1.24 bits per heavy atom. The van der Waals surface area contributed by atoms with Gasteiger partial charge in [-0.2, -0.15) is 0 Å². The lowest BCUT2D eigenvalue weighted by Crippen LogP contribution is -2.37. The first-order valence-corrected chi connectivity index (χ1v) is 7.88. The van der Waals surface area contributed by atoms with E-state index in [1.807, 2.05) is 0 Å². The lowest BCUT2D eigenvalue weighted by Gasteiger charge is -2.31.